The summed E-state index contributed by atoms with van der Waals surface area (Å²) < 4.78 is 8.26. The smallest absolute Gasteiger partial charge is 0.124 e. The first kappa shape index (κ1) is 17.7. The van der Waals surface area contributed by atoms with E-state index >= 15 is 0 Å². The number of hydrogen-bond donors (Lipinski definition) is 0. The fourth-order valence-electron chi connectivity index (χ4n) is 4.21. The molecule has 6 nitrogen and oxygen atoms in total. The molecule has 3 aromatic heterocycles. The summed E-state index contributed by atoms with van der Waals surface area (Å²) >= 11 is 1.64. The normalized spacial score (nSPS) is 20.2. The van der Waals surface area contributed by atoms with Gasteiger partial charge in [0.15, 0.2) is 0 Å². The number of imidazole rings is 1. The summed E-state index contributed by atoms with van der Waals surface area (Å²) in [6.07, 6.45) is 4.83. The number of aryl methyl sites for hydroxylation is 2. The van der Waals surface area contributed by atoms with Gasteiger partial charge in [-0.05, 0) is 45.7 Å². The van der Waals surface area contributed by atoms with E-state index in [9.17, 15) is 0 Å². The van der Waals surface area contributed by atoms with E-state index < -0.39 is 0 Å². The summed E-state index contributed by atoms with van der Waals surface area (Å²) in [6.45, 7) is 7.05. The highest BCUT2D eigenvalue weighted by Crippen LogP contribution is 2.34. The molecule has 0 amide bonds. The molecule has 2 atom stereocenters. The highest BCUT2D eigenvalue weighted by atomic mass is 32.1. The van der Waals surface area contributed by atoms with Crippen molar-refractivity contribution in [1.82, 2.24) is 24.7 Å². The summed E-state index contributed by atoms with van der Waals surface area (Å²) in [5.74, 6) is 1.04. The summed E-state index contributed by atoms with van der Waals surface area (Å²) in [5, 5.41) is 11.7. The first-order chi connectivity index (χ1) is 13.6. The molecule has 5 rings (SSSR count). The molecule has 7 heteroatoms. The summed E-state index contributed by atoms with van der Waals surface area (Å²) in [4.78, 5) is 9.65. The van der Waals surface area contributed by atoms with Crippen LogP contribution in [0.3, 0.4) is 0 Å². The Kier molecular flexibility index (Phi) is 4.36. The third-order valence-electron chi connectivity index (χ3n) is 5.44. The summed E-state index contributed by atoms with van der Waals surface area (Å²) in [5.41, 5.74) is 4.38. The number of ether oxygens (including phenoxy) is 1. The van der Waals surface area contributed by atoms with Crippen LogP contribution in [0.4, 0.5) is 0 Å². The van der Waals surface area contributed by atoms with E-state index in [-0.39, 0.29) is 6.10 Å². The van der Waals surface area contributed by atoms with Crippen LogP contribution in [0.5, 0.6) is 0 Å². The van der Waals surface area contributed by atoms with Gasteiger partial charge in [0.05, 0.1) is 29.8 Å². The molecule has 1 saturated heterocycles. The molecule has 0 saturated carbocycles. The molecule has 0 N–H and O–H groups in total. The average molecular weight is 394 g/mol. The molecule has 1 fully saturated rings. The largest absolute Gasteiger partial charge is 0.378 e. The van der Waals surface area contributed by atoms with Crippen LogP contribution < -0.4 is 0 Å². The van der Waals surface area contributed by atoms with Crippen LogP contribution in [0.1, 0.15) is 47.2 Å². The molecule has 0 bridgehead atoms. The van der Waals surface area contributed by atoms with Crippen LogP contribution in [0, 0.1) is 13.8 Å². The van der Waals surface area contributed by atoms with E-state index in [1.54, 1.807) is 11.3 Å². The molecule has 0 radical (unpaired) electrons. The van der Waals surface area contributed by atoms with Crippen LogP contribution in [0.2, 0.25) is 0 Å². The van der Waals surface area contributed by atoms with Crippen molar-refractivity contribution >= 4 is 33.3 Å². The standard InChI is InChI=1S/C21H23N5OS/c1-12-4-5-17-16(8-12)21-18(11-22-17)23-19(10-20-25-24-14(3)28-20)26(21)15-6-7-27-13(2)9-15/h4-5,8,11,13,15H,6-7,9-10H2,1-3H3/t13-,15-/m1/s1. The van der Waals surface area contributed by atoms with Crippen LogP contribution >= 0.6 is 11.3 Å². The van der Waals surface area contributed by atoms with Gasteiger partial charge in [-0.25, -0.2) is 4.98 Å². The third-order valence-corrected chi connectivity index (χ3v) is 6.28. The topological polar surface area (TPSA) is 65.7 Å². The van der Waals surface area contributed by atoms with Gasteiger partial charge < -0.3 is 9.30 Å². The number of hydrogen-bond acceptors (Lipinski definition) is 6. The van der Waals surface area contributed by atoms with E-state index in [1.807, 2.05) is 13.1 Å². The predicted molar refractivity (Wildman–Crippen MR) is 111 cm³/mol. The van der Waals surface area contributed by atoms with Crippen LogP contribution in [-0.4, -0.2) is 37.4 Å². The minimum atomic E-state index is 0.252. The number of pyridine rings is 1. The Hall–Kier alpha value is -2.38. The van der Waals surface area contributed by atoms with Crippen molar-refractivity contribution in [2.24, 2.45) is 0 Å². The molecule has 1 aliphatic heterocycles. The number of benzene rings is 1. The van der Waals surface area contributed by atoms with Gasteiger partial charge in [0.2, 0.25) is 0 Å². The van der Waals surface area contributed by atoms with Crippen molar-refractivity contribution in [3.8, 4) is 0 Å². The number of aromatic nitrogens is 5. The molecule has 0 spiro atoms. The fraction of sp³-hybridized carbons (Fsp3) is 0.429. The van der Waals surface area contributed by atoms with Crippen molar-refractivity contribution < 1.29 is 4.74 Å². The number of rotatable bonds is 3. The third kappa shape index (κ3) is 3.08. The maximum atomic E-state index is 5.82. The predicted octanol–water partition coefficient (Wildman–Crippen LogP) is 4.38. The van der Waals surface area contributed by atoms with E-state index in [0.717, 1.165) is 46.3 Å². The molecule has 1 aromatic carbocycles. The van der Waals surface area contributed by atoms with Gasteiger partial charge in [-0.15, -0.1) is 21.5 Å². The maximum Gasteiger partial charge on any atom is 0.124 e. The summed E-state index contributed by atoms with van der Waals surface area (Å²) in [6, 6.07) is 6.80. The average Bonchev–Trinajstić information content (AvgIpc) is 3.25. The zero-order valence-electron chi connectivity index (χ0n) is 16.3. The van der Waals surface area contributed by atoms with Crippen molar-refractivity contribution in [3.63, 3.8) is 0 Å². The second-order valence-corrected chi connectivity index (χ2v) is 8.93. The van der Waals surface area contributed by atoms with Crippen molar-refractivity contribution in [2.75, 3.05) is 6.61 Å². The second kappa shape index (κ2) is 6.90. The van der Waals surface area contributed by atoms with Crippen LogP contribution in [0.15, 0.2) is 24.4 Å². The van der Waals surface area contributed by atoms with Crippen molar-refractivity contribution in [3.05, 3.63) is 45.8 Å². The maximum absolute atomic E-state index is 5.82. The molecule has 28 heavy (non-hydrogen) atoms. The van der Waals surface area contributed by atoms with Gasteiger partial charge in [-0.1, -0.05) is 11.6 Å². The molecule has 0 aliphatic carbocycles. The molecule has 4 aromatic rings. The Morgan fingerprint density at radius 2 is 2.11 bits per heavy atom. The second-order valence-electron chi connectivity index (χ2n) is 7.66. The monoisotopic (exact) mass is 393 g/mol. The van der Waals surface area contributed by atoms with Crippen molar-refractivity contribution in [1.29, 1.82) is 0 Å². The first-order valence-electron chi connectivity index (χ1n) is 9.75. The molecule has 1 aliphatic rings. The fourth-order valence-corrected chi connectivity index (χ4v) is 4.92. The van der Waals surface area contributed by atoms with Gasteiger partial charge in [0.25, 0.3) is 0 Å². The highest BCUT2D eigenvalue weighted by molar-refractivity contribution is 7.11. The van der Waals surface area contributed by atoms with E-state index in [0.29, 0.717) is 12.5 Å². The Morgan fingerprint density at radius 3 is 2.89 bits per heavy atom. The molecular weight excluding hydrogens is 370 g/mol. The first-order valence-corrected chi connectivity index (χ1v) is 10.6. The van der Waals surface area contributed by atoms with Gasteiger partial charge in [-0.3, -0.25) is 4.98 Å². The lowest BCUT2D eigenvalue weighted by atomic mass is 10.0. The Bertz CT molecular complexity index is 1160. The zero-order valence-corrected chi connectivity index (χ0v) is 17.2. The highest BCUT2D eigenvalue weighted by Gasteiger charge is 2.26. The lowest BCUT2D eigenvalue weighted by Gasteiger charge is -2.30. The van der Waals surface area contributed by atoms with Crippen molar-refractivity contribution in [2.45, 2.75) is 52.2 Å². The Labute approximate surface area is 167 Å². The quantitative estimate of drug-likeness (QED) is 0.517. The lowest BCUT2D eigenvalue weighted by Crippen LogP contribution is -2.26. The van der Waals surface area contributed by atoms with Crippen LogP contribution in [-0.2, 0) is 11.2 Å². The minimum Gasteiger partial charge on any atom is -0.378 e. The van der Waals surface area contributed by atoms with Gasteiger partial charge >= 0.3 is 0 Å². The van der Waals surface area contributed by atoms with Crippen LogP contribution in [0.25, 0.3) is 21.9 Å². The number of nitrogens with zero attached hydrogens (tertiary/aromatic N) is 5. The Morgan fingerprint density at radius 1 is 1.21 bits per heavy atom. The zero-order chi connectivity index (χ0) is 19.3. The van der Waals surface area contributed by atoms with E-state index in [2.05, 4.69) is 51.8 Å². The SMILES string of the molecule is Cc1ccc2ncc3nc(Cc4nnc(C)s4)n([C@@H]4CCO[C@H](C)C4)c3c2c1. The van der Waals surface area contributed by atoms with Gasteiger partial charge in [-0.2, -0.15) is 0 Å². The Balaban J connectivity index is 1.74. The van der Waals surface area contributed by atoms with Gasteiger partial charge in [0, 0.05) is 18.0 Å². The van der Waals surface area contributed by atoms with E-state index in [1.165, 1.54) is 16.5 Å². The van der Waals surface area contributed by atoms with Gasteiger partial charge in [0.1, 0.15) is 21.4 Å². The minimum absolute atomic E-state index is 0.252. The summed E-state index contributed by atoms with van der Waals surface area (Å²) in [7, 11) is 0. The number of fused-ring (bicyclic) bond motifs is 3. The molecule has 4 heterocycles. The lowest BCUT2D eigenvalue weighted by molar-refractivity contribution is 0.00631. The van der Waals surface area contributed by atoms with E-state index in [4.69, 9.17) is 9.72 Å². The molecule has 144 valence electrons. The molecule has 0 unspecified atom stereocenters. The molecular formula is C21H23N5OS.